The largest absolute Gasteiger partial charge is 0.481 e. The van der Waals surface area contributed by atoms with E-state index >= 15 is 0 Å². The van der Waals surface area contributed by atoms with Crippen LogP contribution in [0.2, 0.25) is 0 Å². The Labute approximate surface area is 357 Å². The fourth-order valence-corrected chi connectivity index (χ4v) is 5.90. The lowest BCUT2D eigenvalue weighted by Crippen LogP contribution is -2.60. The normalized spacial score (nSPS) is 14.6. The molecule has 0 fully saturated rings. The molecule has 61 heavy (non-hydrogen) atoms. The molecule has 15 N–H and O–H groups in total. The van der Waals surface area contributed by atoms with Crippen molar-refractivity contribution in [3.63, 3.8) is 0 Å². The third kappa shape index (κ3) is 25.4. The Balaban J connectivity index is 6.31. The van der Waals surface area contributed by atoms with Gasteiger partial charge in [0.2, 0.25) is 35.4 Å². The van der Waals surface area contributed by atoms with E-state index in [9.17, 15) is 63.6 Å². The molecule has 0 aromatic heterocycles. The van der Waals surface area contributed by atoms with Crippen molar-refractivity contribution < 1.29 is 63.6 Å². The number of aliphatic carboxylic acids is 3. The second-order valence-electron chi connectivity index (χ2n) is 15.4. The number of amides is 6. The van der Waals surface area contributed by atoms with Gasteiger partial charge in [0.05, 0.1) is 19.1 Å². The first-order chi connectivity index (χ1) is 28.8. The first-order valence-corrected chi connectivity index (χ1v) is 21.0. The first-order valence-electron chi connectivity index (χ1n) is 21.0. The summed E-state index contributed by atoms with van der Waals surface area (Å²) in [6.45, 7) is 7.74. The van der Waals surface area contributed by atoms with Gasteiger partial charge in [0.25, 0.3) is 0 Å². The lowest BCUT2D eigenvalue weighted by atomic mass is 10.0. The molecule has 0 aromatic carbocycles. The van der Waals surface area contributed by atoms with Crippen molar-refractivity contribution in [1.82, 2.24) is 37.2 Å². The van der Waals surface area contributed by atoms with E-state index in [1.54, 1.807) is 13.8 Å². The predicted molar refractivity (Wildman–Crippen MR) is 222 cm³/mol. The number of aliphatic hydroxyl groups excluding tert-OH is 1. The van der Waals surface area contributed by atoms with Crippen LogP contribution in [0.15, 0.2) is 0 Å². The van der Waals surface area contributed by atoms with Gasteiger partial charge in [-0.15, -0.1) is 0 Å². The Bertz CT molecular complexity index is 1420. The highest BCUT2D eigenvalue weighted by molar-refractivity contribution is 5.98. The van der Waals surface area contributed by atoms with Gasteiger partial charge < -0.3 is 69.1 Å². The van der Waals surface area contributed by atoms with Crippen LogP contribution in [-0.4, -0.2) is 142 Å². The number of unbranched alkanes of at least 4 members (excludes halogenated alkanes) is 5. The van der Waals surface area contributed by atoms with Crippen LogP contribution in [0.1, 0.15) is 118 Å². The molecule has 0 aliphatic carbocycles. The number of nitrogens with two attached hydrogens (primary N) is 2. The molecule has 7 atom stereocenters. The van der Waals surface area contributed by atoms with Crippen LogP contribution in [0.4, 0.5) is 0 Å². The van der Waals surface area contributed by atoms with Gasteiger partial charge in [-0.05, 0) is 90.3 Å². The van der Waals surface area contributed by atoms with Crippen molar-refractivity contribution in [3.05, 3.63) is 0 Å². The summed E-state index contributed by atoms with van der Waals surface area (Å²) < 4.78 is 0. The van der Waals surface area contributed by atoms with Crippen molar-refractivity contribution in [1.29, 1.82) is 0 Å². The van der Waals surface area contributed by atoms with Crippen LogP contribution in [0.5, 0.6) is 0 Å². The summed E-state index contributed by atoms with van der Waals surface area (Å²) in [6, 6.07) is -10.1. The molecule has 350 valence electrons. The topological polar surface area (TPSA) is 371 Å². The summed E-state index contributed by atoms with van der Waals surface area (Å²) in [5.41, 5.74) is 11.0. The zero-order valence-electron chi connectivity index (χ0n) is 36.0. The summed E-state index contributed by atoms with van der Waals surface area (Å²) in [7, 11) is 0. The molecule has 22 nitrogen and oxygen atoms in total. The highest BCUT2D eigenvalue weighted by Crippen LogP contribution is 2.11. The Morgan fingerprint density at radius 3 is 1.49 bits per heavy atom. The summed E-state index contributed by atoms with van der Waals surface area (Å²) in [5.74, 6) is -10.3. The van der Waals surface area contributed by atoms with Crippen molar-refractivity contribution in [2.75, 3.05) is 26.2 Å². The highest BCUT2D eigenvalue weighted by atomic mass is 16.4. The number of nitrogens with one attached hydrogen (secondary N) is 7. The number of aliphatic hydroxyl groups is 1. The average Bonchev–Trinajstić information content (AvgIpc) is 3.18. The smallest absolute Gasteiger partial charge is 0.326 e. The maximum Gasteiger partial charge on any atom is 0.326 e. The van der Waals surface area contributed by atoms with E-state index in [4.69, 9.17) is 11.5 Å². The zero-order chi connectivity index (χ0) is 46.5. The molecule has 0 aromatic rings. The Morgan fingerprint density at radius 2 is 0.984 bits per heavy atom. The lowest BCUT2D eigenvalue weighted by molar-refractivity contribution is -0.142. The summed E-state index contributed by atoms with van der Waals surface area (Å²) in [5, 5.41) is 55.8. The second-order valence-corrected chi connectivity index (χ2v) is 15.4. The van der Waals surface area contributed by atoms with E-state index in [1.165, 1.54) is 6.92 Å². The van der Waals surface area contributed by atoms with E-state index in [2.05, 4.69) is 44.1 Å². The number of carboxylic acid groups (broad SMARTS) is 3. The summed E-state index contributed by atoms with van der Waals surface area (Å²) >= 11 is 0. The van der Waals surface area contributed by atoms with Crippen molar-refractivity contribution in [3.8, 4) is 0 Å². The molecule has 6 amide bonds. The van der Waals surface area contributed by atoms with Crippen LogP contribution >= 0.6 is 0 Å². The van der Waals surface area contributed by atoms with Crippen LogP contribution in [0, 0.1) is 5.92 Å². The van der Waals surface area contributed by atoms with Crippen LogP contribution in [0.25, 0.3) is 0 Å². The Morgan fingerprint density at radius 1 is 0.525 bits per heavy atom. The Kier molecular flexibility index (Phi) is 29.3. The molecule has 0 radical (unpaired) electrons. The van der Waals surface area contributed by atoms with E-state index in [1.807, 2.05) is 0 Å². The van der Waals surface area contributed by atoms with Gasteiger partial charge in [0.1, 0.15) is 36.3 Å². The van der Waals surface area contributed by atoms with Crippen LogP contribution in [0.3, 0.4) is 0 Å². The van der Waals surface area contributed by atoms with Gasteiger partial charge in [0.15, 0.2) is 0 Å². The molecule has 0 aliphatic rings. The second kappa shape index (κ2) is 31.9. The maximum atomic E-state index is 13.9. The highest BCUT2D eigenvalue weighted by Gasteiger charge is 2.34. The monoisotopic (exact) mass is 874 g/mol. The van der Waals surface area contributed by atoms with E-state index in [0.29, 0.717) is 38.8 Å². The molecule has 0 saturated heterocycles. The third-order valence-corrected chi connectivity index (χ3v) is 9.36. The van der Waals surface area contributed by atoms with Crippen molar-refractivity contribution in [2.45, 2.75) is 160 Å². The summed E-state index contributed by atoms with van der Waals surface area (Å²) in [6.07, 6.45) is 4.32. The van der Waals surface area contributed by atoms with Crippen LogP contribution < -0.4 is 48.7 Å². The molecule has 22 heteroatoms. The van der Waals surface area contributed by atoms with Gasteiger partial charge in [-0.25, -0.2) is 4.79 Å². The lowest BCUT2D eigenvalue weighted by Gasteiger charge is -2.27. The number of rotatable bonds is 35. The van der Waals surface area contributed by atoms with Gasteiger partial charge in [-0.1, -0.05) is 40.0 Å². The number of hydrogen-bond acceptors (Lipinski definition) is 13. The minimum atomic E-state index is -1.87. The molecule has 0 saturated carbocycles. The maximum absolute atomic E-state index is 13.9. The number of hydrogen-bond donors (Lipinski definition) is 13. The molecule has 0 spiro atoms. The standard InChI is InChI=1S/C39H71N9O13/c1-5-6-7-11-18-42-19-12-9-13-25(34(55)45-27(39(60)61)14-8-10-17-40)43-36(57)28(20-23(2)3)46-37(58)29(21-32(52)53)47-35(56)26(15-16-31(50)51)44-38(59)30(22-49)48-33(54)24(4)41/h23-30,42,49H,5-22,40-41H2,1-4H3,(H,43,57)(H,44,59)(H,45,55)(H,46,58)(H,47,56)(H,48,54)(H,50,51)(H,52,53)(H,60,61)/t24-,25-,26-,27-,28-,29-,30-/m0/s1. The average molecular weight is 874 g/mol. The van der Waals surface area contributed by atoms with Crippen molar-refractivity contribution in [2.24, 2.45) is 17.4 Å². The Hall–Kier alpha value is -4.93. The van der Waals surface area contributed by atoms with E-state index in [0.717, 1.165) is 32.2 Å². The fraction of sp³-hybridized carbons (Fsp3) is 0.769. The minimum absolute atomic E-state index is 0.0224. The third-order valence-electron chi connectivity index (χ3n) is 9.36. The number of carbonyl (C=O) groups is 9. The molecular formula is C39H71N9O13. The minimum Gasteiger partial charge on any atom is -0.481 e. The van der Waals surface area contributed by atoms with E-state index in [-0.39, 0.29) is 25.2 Å². The fourth-order valence-electron chi connectivity index (χ4n) is 5.90. The first kappa shape index (κ1) is 56.1. The van der Waals surface area contributed by atoms with Crippen LogP contribution in [-0.2, 0) is 43.2 Å². The number of carboxylic acids is 3. The van der Waals surface area contributed by atoms with Gasteiger partial charge in [0, 0.05) is 6.42 Å². The van der Waals surface area contributed by atoms with Crippen molar-refractivity contribution >= 4 is 53.4 Å². The zero-order valence-corrected chi connectivity index (χ0v) is 36.0. The molecule has 0 heterocycles. The van der Waals surface area contributed by atoms with Gasteiger partial charge in [-0.2, -0.15) is 0 Å². The molecule has 0 aliphatic heterocycles. The number of carbonyl (C=O) groups excluding carboxylic acids is 6. The molecular weight excluding hydrogens is 802 g/mol. The predicted octanol–water partition coefficient (Wildman–Crippen LogP) is -1.83. The van der Waals surface area contributed by atoms with Gasteiger partial charge in [-0.3, -0.25) is 38.4 Å². The SMILES string of the molecule is CCCCCCNCCCC[C@H](NC(=O)[C@H](CC(C)C)NC(=O)[C@H](CC(=O)O)NC(=O)[C@H](CCC(=O)O)NC(=O)[C@H](CO)NC(=O)[C@H](C)N)C(=O)N[C@@H](CCCCN)C(=O)O. The van der Waals surface area contributed by atoms with E-state index < -0.39 is 122 Å². The van der Waals surface area contributed by atoms with Gasteiger partial charge >= 0.3 is 17.9 Å². The molecule has 0 rings (SSSR count). The molecule has 0 bridgehead atoms. The quantitative estimate of drug-likeness (QED) is 0.0312. The summed E-state index contributed by atoms with van der Waals surface area (Å²) in [4.78, 5) is 115. The molecule has 0 unspecified atom stereocenters.